The van der Waals surface area contributed by atoms with Crippen molar-refractivity contribution < 1.29 is 9.59 Å². The molecule has 0 atom stereocenters. The largest absolute Gasteiger partial charge is 0.339 e. The molecule has 0 spiro atoms. The van der Waals surface area contributed by atoms with Gasteiger partial charge in [0.15, 0.2) is 17.1 Å². The van der Waals surface area contributed by atoms with Gasteiger partial charge in [0.05, 0.1) is 28.4 Å². The second-order valence-corrected chi connectivity index (χ2v) is 10.9. The van der Waals surface area contributed by atoms with Crippen molar-refractivity contribution in [1.29, 1.82) is 0 Å². The lowest BCUT2D eigenvalue weighted by atomic mass is 9.96. The number of hydrogen-bond acceptors (Lipinski definition) is 8. The Labute approximate surface area is 235 Å². The van der Waals surface area contributed by atoms with E-state index in [2.05, 4.69) is 52.4 Å². The van der Waals surface area contributed by atoms with E-state index in [0.717, 1.165) is 68.4 Å². The molecule has 5 aromatic rings. The Hall–Kier alpha value is -4.71. The van der Waals surface area contributed by atoms with Crippen LogP contribution in [0.1, 0.15) is 36.0 Å². The number of rotatable bonds is 5. The Kier molecular flexibility index (Phi) is 6.38. The maximum absolute atomic E-state index is 13.2. The van der Waals surface area contributed by atoms with Gasteiger partial charge in [0, 0.05) is 48.7 Å². The van der Waals surface area contributed by atoms with Crippen molar-refractivity contribution in [3.63, 3.8) is 0 Å². The van der Waals surface area contributed by atoms with Crippen LogP contribution in [0.2, 0.25) is 0 Å². The molecule has 2 saturated heterocycles. The average molecular weight is 551 g/mol. The van der Waals surface area contributed by atoms with E-state index in [-0.39, 0.29) is 17.7 Å². The fraction of sp³-hybridized carbons (Fsp3) is 0.345. The lowest BCUT2D eigenvalue weighted by molar-refractivity contribution is -0.121. The first kappa shape index (κ1) is 25.3. The number of nitrogens with one attached hydrogen (secondary N) is 3. The van der Waals surface area contributed by atoms with Gasteiger partial charge in [-0.1, -0.05) is 0 Å². The maximum Gasteiger partial charge on any atom is 0.256 e. The number of pyridine rings is 3. The Bertz CT molecular complexity index is 1760. The van der Waals surface area contributed by atoms with Gasteiger partial charge >= 0.3 is 0 Å². The molecule has 0 bridgehead atoms. The number of hydrogen-bond donors (Lipinski definition) is 3. The smallest absolute Gasteiger partial charge is 0.256 e. The third-order valence-corrected chi connectivity index (χ3v) is 8.09. The predicted molar refractivity (Wildman–Crippen MR) is 154 cm³/mol. The molecule has 5 aromatic heterocycles. The molecular formula is C29H30N10O2. The average Bonchev–Trinajstić information content (AvgIpc) is 3.76. The van der Waals surface area contributed by atoms with E-state index in [0.29, 0.717) is 39.6 Å². The highest BCUT2D eigenvalue weighted by Crippen LogP contribution is 2.30. The molecule has 41 heavy (non-hydrogen) atoms. The number of anilines is 1. The molecule has 7 rings (SSSR count). The minimum Gasteiger partial charge on any atom is -0.339 e. The molecule has 2 fully saturated rings. The number of fused-ring (bicyclic) bond motifs is 2. The van der Waals surface area contributed by atoms with Gasteiger partial charge in [-0.2, -0.15) is 5.10 Å². The summed E-state index contributed by atoms with van der Waals surface area (Å²) in [5, 5.41) is 11.2. The molecule has 0 saturated carbocycles. The predicted octanol–water partition coefficient (Wildman–Crippen LogP) is 3.47. The second kappa shape index (κ2) is 10.4. The zero-order valence-electron chi connectivity index (χ0n) is 22.7. The SMILES string of the molecule is CN1CCC(C(=O)Nc2cncc(-c3cnc4n[nH]c(-c5nc6nccc(C(=O)N7CCCC7)c6[nH]5)c4c3)c2)CC1. The van der Waals surface area contributed by atoms with Crippen molar-refractivity contribution in [3.8, 4) is 22.6 Å². The molecular weight excluding hydrogens is 520 g/mol. The van der Waals surface area contributed by atoms with Crippen LogP contribution in [0.25, 0.3) is 44.8 Å². The minimum atomic E-state index is -0.0150. The van der Waals surface area contributed by atoms with Crippen LogP contribution >= 0.6 is 0 Å². The van der Waals surface area contributed by atoms with E-state index in [1.807, 2.05) is 17.0 Å². The lowest BCUT2D eigenvalue weighted by Crippen LogP contribution is -2.35. The number of aromatic amines is 2. The normalized spacial score (nSPS) is 16.6. The van der Waals surface area contributed by atoms with Gasteiger partial charge in [-0.15, -0.1) is 0 Å². The molecule has 3 N–H and O–H groups in total. The number of likely N-dealkylation sites (tertiary alicyclic amines) is 2. The summed E-state index contributed by atoms with van der Waals surface area (Å²) in [4.78, 5) is 51.4. The Balaban J connectivity index is 1.18. The maximum atomic E-state index is 13.2. The monoisotopic (exact) mass is 550 g/mol. The van der Waals surface area contributed by atoms with Crippen LogP contribution in [0.4, 0.5) is 5.69 Å². The Morgan fingerprint density at radius 2 is 1.78 bits per heavy atom. The fourth-order valence-electron chi connectivity index (χ4n) is 5.72. The summed E-state index contributed by atoms with van der Waals surface area (Å²) < 4.78 is 0. The fourth-order valence-corrected chi connectivity index (χ4v) is 5.72. The molecule has 7 heterocycles. The number of carbonyl (C=O) groups excluding carboxylic acids is 2. The zero-order valence-corrected chi connectivity index (χ0v) is 22.7. The molecule has 12 heteroatoms. The lowest BCUT2D eigenvalue weighted by Gasteiger charge is -2.28. The van der Waals surface area contributed by atoms with E-state index in [4.69, 9.17) is 0 Å². The van der Waals surface area contributed by atoms with Crippen molar-refractivity contribution in [2.75, 3.05) is 38.5 Å². The van der Waals surface area contributed by atoms with Gasteiger partial charge in [-0.05, 0) is 64.0 Å². The van der Waals surface area contributed by atoms with E-state index in [1.54, 1.807) is 30.9 Å². The quantitative estimate of drug-likeness (QED) is 0.301. The van der Waals surface area contributed by atoms with Crippen LogP contribution < -0.4 is 5.32 Å². The van der Waals surface area contributed by atoms with E-state index >= 15 is 0 Å². The van der Waals surface area contributed by atoms with Crippen molar-refractivity contribution in [1.82, 2.24) is 44.9 Å². The van der Waals surface area contributed by atoms with Crippen LogP contribution in [0.3, 0.4) is 0 Å². The number of carbonyl (C=O) groups is 2. The first-order valence-corrected chi connectivity index (χ1v) is 14.0. The van der Waals surface area contributed by atoms with Gasteiger partial charge < -0.3 is 20.1 Å². The number of aromatic nitrogens is 7. The number of piperidine rings is 1. The molecule has 2 aliphatic rings. The molecule has 208 valence electrons. The van der Waals surface area contributed by atoms with Crippen LogP contribution in [0.15, 0.2) is 43.0 Å². The molecule has 0 aromatic carbocycles. The summed E-state index contributed by atoms with van der Waals surface area (Å²) in [5.74, 6) is 0.543. The minimum absolute atomic E-state index is 0.00539. The van der Waals surface area contributed by atoms with E-state index in [9.17, 15) is 9.59 Å². The van der Waals surface area contributed by atoms with E-state index in [1.165, 1.54) is 0 Å². The number of amides is 2. The van der Waals surface area contributed by atoms with Crippen LogP contribution in [0.5, 0.6) is 0 Å². The van der Waals surface area contributed by atoms with Crippen LogP contribution in [0, 0.1) is 5.92 Å². The van der Waals surface area contributed by atoms with E-state index < -0.39 is 0 Å². The van der Waals surface area contributed by atoms with Gasteiger partial charge in [0.25, 0.3) is 5.91 Å². The van der Waals surface area contributed by atoms with Crippen molar-refractivity contribution >= 4 is 39.7 Å². The number of nitrogens with zero attached hydrogens (tertiary/aromatic N) is 7. The Morgan fingerprint density at radius 1 is 0.976 bits per heavy atom. The highest BCUT2D eigenvalue weighted by Gasteiger charge is 2.25. The molecule has 2 amide bonds. The van der Waals surface area contributed by atoms with Crippen molar-refractivity contribution in [2.24, 2.45) is 5.92 Å². The summed E-state index contributed by atoms with van der Waals surface area (Å²) in [6.07, 6.45) is 10.5. The molecule has 2 aliphatic heterocycles. The molecule has 0 aliphatic carbocycles. The Morgan fingerprint density at radius 3 is 2.61 bits per heavy atom. The summed E-state index contributed by atoms with van der Waals surface area (Å²) in [5.41, 5.74) is 5.09. The molecule has 12 nitrogen and oxygen atoms in total. The van der Waals surface area contributed by atoms with Crippen LogP contribution in [-0.2, 0) is 4.79 Å². The topological polar surface area (TPSA) is 149 Å². The zero-order chi connectivity index (χ0) is 27.9. The second-order valence-electron chi connectivity index (χ2n) is 10.9. The first-order chi connectivity index (χ1) is 20.0. The summed E-state index contributed by atoms with van der Waals surface area (Å²) in [7, 11) is 2.08. The van der Waals surface area contributed by atoms with Crippen LogP contribution in [-0.4, -0.2) is 90.0 Å². The molecule has 0 unspecified atom stereocenters. The van der Waals surface area contributed by atoms with Crippen molar-refractivity contribution in [2.45, 2.75) is 25.7 Å². The van der Waals surface area contributed by atoms with Gasteiger partial charge in [0.2, 0.25) is 5.91 Å². The third kappa shape index (κ3) is 4.80. The highest BCUT2D eigenvalue weighted by molar-refractivity contribution is 6.05. The number of imidazole rings is 1. The van der Waals surface area contributed by atoms with Gasteiger partial charge in [0.1, 0.15) is 5.69 Å². The summed E-state index contributed by atoms with van der Waals surface area (Å²) in [6, 6.07) is 5.61. The summed E-state index contributed by atoms with van der Waals surface area (Å²) >= 11 is 0. The van der Waals surface area contributed by atoms with Crippen molar-refractivity contribution in [3.05, 3.63) is 48.5 Å². The molecule has 0 radical (unpaired) electrons. The first-order valence-electron chi connectivity index (χ1n) is 14.0. The summed E-state index contributed by atoms with van der Waals surface area (Å²) in [6.45, 7) is 3.38. The highest BCUT2D eigenvalue weighted by atomic mass is 16.2. The van der Waals surface area contributed by atoms with Gasteiger partial charge in [-0.25, -0.2) is 15.0 Å². The standard InChI is InChI=1S/C29H30N10O2/c1-38-10-5-17(6-11-38)28(40)33-20-12-18(14-30-16-20)19-13-22-24(36-37-25(22)32-15-19)27-34-23-21(4-7-31-26(23)35-27)29(41)39-8-2-3-9-39/h4,7,12-17H,2-3,5-6,8-11H2,1H3,(H,33,40)(H,31,34,35)(H,32,36,37). The number of H-pyrrole nitrogens is 2. The van der Waals surface area contributed by atoms with Gasteiger partial charge in [-0.3, -0.25) is 19.7 Å². The third-order valence-electron chi connectivity index (χ3n) is 8.09.